The summed E-state index contributed by atoms with van der Waals surface area (Å²) in [6, 6.07) is 12.1. The smallest absolute Gasteiger partial charge is 0.276 e. The van der Waals surface area contributed by atoms with Crippen molar-refractivity contribution in [2.24, 2.45) is 0 Å². The number of carbonyl (C=O) groups is 2. The van der Waals surface area contributed by atoms with Crippen LogP contribution < -0.4 is 30.7 Å². The first kappa shape index (κ1) is 42.3. The van der Waals surface area contributed by atoms with Gasteiger partial charge in [0.2, 0.25) is 37.8 Å². The summed E-state index contributed by atoms with van der Waals surface area (Å²) < 4.78 is 68.2. The van der Waals surface area contributed by atoms with Crippen LogP contribution in [0.25, 0.3) is 0 Å². The van der Waals surface area contributed by atoms with E-state index in [1.807, 2.05) is 6.07 Å². The van der Waals surface area contributed by atoms with Gasteiger partial charge >= 0.3 is 0 Å². The molecule has 2 aliphatic carbocycles. The Hall–Kier alpha value is -6.35. The minimum atomic E-state index is -4.14. The van der Waals surface area contributed by atoms with E-state index in [4.69, 9.17) is 14.9 Å². The third kappa shape index (κ3) is 7.52. The molecule has 21 heteroatoms. The molecule has 2 saturated heterocycles. The summed E-state index contributed by atoms with van der Waals surface area (Å²) in [7, 11) is -3.83. The number of fused-ring (bicyclic) bond motifs is 4. The van der Waals surface area contributed by atoms with E-state index >= 15 is 0 Å². The van der Waals surface area contributed by atoms with Gasteiger partial charge in [-0.25, -0.2) is 40.4 Å². The molecule has 0 bridgehead atoms. The zero-order chi connectivity index (χ0) is 44.4. The maximum atomic E-state index is 14.5. The number of hydrogen-bond donors (Lipinski definition) is 6. The van der Waals surface area contributed by atoms with Crippen molar-refractivity contribution in [3.05, 3.63) is 99.8 Å². The van der Waals surface area contributed by atoms with Crippen LogP contribution in [0.2, 0.25) is 0 Å². The van der Waals surface area contributed by atoms with Gasteiger partial charge < -0.3 is 30.7 Å². The van der Waals surface area contributed by atoms with Gasteiger partial charge in [0.15, 0.2) is 0 Å². The summed E-state index contributed by atoms with van der Waals surface area (Å²) in [4.78, 5) is 39.4. The lowest BCUT2D eigenvalue weighted by atomic mass is 9.72. The molecule has 4 heterocycles. The van der Waals surface area contributed by atoms with Crippen LogP contribution in [-0.4, -0.2) is 103 Å². The third-order valence-electron chi connectivity index (χ3n) is 12.2. The highest BCUT2D eigenvalue weighted by Crippen LogP contribution is 2.47. The largest absolute Gasteiger partial charge is 0.495 e. The normalized spacial score (nSPS) is 23.4. The van der Waals surface area contributed by atoms with Crippen LogP contribution in [0, 0.1) is 24.7 Å². The summed E-state index contributed by atoms with van der Waals surface area (Å²) in [6.07, 6.45) is 5.09. The van der Waals surface area contributed by atoms with E-state index in [-0.39, 0.29) is 53.7 Å². The van der Waals surface area contributed by atoms with E-state index < -0.39 is 48.9 Å². The second-order valence-electron chi connectivity index (χ2n) is 16.2. The molecule has 2 spiro atoms. The fourth-order valence-corrected chi connectivity index (χ4v) is 12.5. The molecule has 8 rings (SSSR count). The average molecular weight is 886 g/mol. The minimum Gasteiger partial charge on any atom is -0.495 e. The fraction of sp³-hybridized carbons (Fsp3) is 0.390. The molecule has 4 aliphatic rings. The summed E-state index contributed by atoms with van der Waals surface area (Å²) in [5.41, 5.74) is 2.26. The van der Waals surface area contributed by atoms with Crippen molar-refractivity contribution in [1.82, 2.24) is 34.2 Å². The number of amides is 2. The van der Waals surface area contributed by atoms with Gasteiger partial charge in [-0.2, -0.15) is 0 Å². The van der Waals surface area contributed by atoms with E-state index in [0.29, 0.717) is 70.8 Å². The van der Waals surface area contributed by atoms with E-state index in [0.717, 1.165) is 14.2 Å². The number of guanidine groups is 2. The highest BCUT2D eigenvalue weighted by atomic mass is 32.2. The standard InChI is InChI=1S/C41H47N11O8S2/c1-23-15-29(59-4)18-44-34(23)36(53)47-28-10-11-30-26(12-14-41(32(30)17-28)21-61(55,56)51(3)38(42)49-41)20-52-39(43)50-40(22-62(52,57)58)13-6-7-25-8-9-27(16-31(25)40)48-37(54)35-24(2)46-33(60-5)19-45-35/h8-11,15-19,26H,6-7,12-14,20-22H2,1-5H3,(H2,42,49)(H2,43,50)(H,47,53)(H,48,54)/t26?,40-,41-/m0/s1. The van der Waals surface area contributed by atoms with Gasteiger partial charge in [-0.1, -0.05) is 12.1 Å². The van der Waals surface area contributed by atoms with E-state index in [1.165, 1.54) is 33.7 Å². The van der Waals surface area contributed by atoms with Gasteiger partial charge in [-0.15, -0.1) is 0 Å². The zero-order valence-electron chi connectivity index (χ0n) is 34.7. The van der Waals surface area contributed by atoms with Crippen molar-refractivity contribution in [2.45, 2.75) is 62.9 Å². The Morgan fingerprint density at radius 2 is 1.48 bits per heavy atom. The minimum absolute atomic E-state index is 0.109. The molecule has 1 unspecified atom stereocenters. The van der Waals surface area contributed by atoms with Crippen LogP contribution in [0.3, 0.4) is 0 Å². The monoisotopic (exact) mass is 885 g/mol. The molecule has 0 radical (unpaired) electrons. The zero-order valence-corrected chi connectivity index (χ0v) is 36.4. The molecule has 2 amide bonds. The quantitative estimate of drug-likeness (QED) is 0.149. The van der Waals surface area contributed by atoms with Crippen molar-refractivity contribution in [2.75, 3.05) is 50.0 Å². The number of pyridine rings is 1. The highest BCUT2D eigenvalue weighted by Gasteiger charge is 2.52. The lowest BCUT2D eigenvalue weighted by Gasteiger charge is -2.49. The van der Waals surface area contributed by atoms with E-state index in [9.17, 15) is 31.8 Å². The molecular weight excluding hydrogens is 839 g/mol. The first-order chi connectivity index (χ1) is 29.4. The topological polar surface area (TPSA) is 262 Å². The lowest BCUT2D eigenvalue weighted by molar-refractivity contribution is 0.101. The van der Waals surface area contributed by atoms with Crippen LogP contribution in [0.1, 0.15) is 86.1 Å². The Bertz CT molecular complexity index is 2790. The van der Waals surface area contributed by atoms with Crippen molar-refractivity contribution in [3.8, 4) is 11.6 Å². The summed E-state index contributed by atoms with van der Waals surface area (Å²) in [5.74, 6) is -2.10. The maximum Gasteiger partial charge on any atom is 0.276 e. The number of methoxy groups -OCH3 is 2. The van der Waals surface area contributed by atoms with Crippen LogP contribution in [-0.2, 0) is 37.5 Å². The predicted molar refractivity (Wildman–Crippen MR) is 230 cm³/mol. The second-order valence-corrected chi connectivity index (χ2v) is 20.1. The first-order valence-corrected chi connectivity index (χ1v) is 23.1. The molecule has 2 aromatic carbocycles. The van der Waals surface area contributed by atoms with Gasteiger partial charge in [-0.3, -0.25) is 20.4 Å². The number of carbonyl (C=O) groups excluding carboxylic acids is 2. The molecule has 4 aromatic rings. The van der Waals surface area contributed by atoms with Gasteiger partial charge in [0.05, 0.1) is 54.9 Å². The Kier molecular flexibility index (Phi) is 10.6. The summed E-state index contributed by atoms with van der Waals surface area (Å²) in [6.45, 7) is 3.25. The Morgan fingerprint density at radius 3 is 2.15 bits per heavy atom. The number of aryl methyl sites for hydroxylation is 3. The Balaban J connectivity index is 1.08. The fourth-order valence-electron chi connectivity index (χ4n) is 9.11. The van der Waals surface area contributed by atoms with Crippen LogP contribution in [0.15, 0.2) is 54.9 Å². The molecule has 326 valence electrons. The van der Waals surface area contributed by atoms with Gasteiger partial charge in [-0.05, 0) is 104 Å². The maximum absolute atomic E-state index is 14.5. The molecule has 0 saturated carbocycles. The lowest BCUT2D eigenvalue weighted by Crippen LogP contribution is -2.65. The van der Waals surface area contributed by atoms with Crippen LogP contribution in [0.5, 0.6) is 11.6 Å². The molecule has 2 fully saturated rings. The van der Waals surface area contributed by atoms with E-state index in [1.54, 1.807) is 50.2 Å². The highest BCUT2D eigenvalue weighted by molar-refractivity contribution is 7.90. The third-order valence-corrected chi connectivity index (χ3v) is 16.0. The number of benzene rings is 2. The van der Waals surface area contributed by atoms with Crippen molar-refractivity contribution >= 4 is 55.2 Å². The number of nitrogens with zero attached hydrogens (tertiary/aromatic N) is 5. The number of rotatable bonds is 8. The SMILES string of the molecule is COc1cnc(C(=O)Nc2ccc3c(c2)[C@]2(CCC3CN3C(=N)N[C@@]4(CCCc5ccc(NC(=O)c6ncc(OC)nc6C)cc54)CS3(=O)=O)CS(=O)(=O)N(C)C(=N)N2)c(C)c1. The predicted octanol–water partition coefficient (Wildman–Crippen LogP) is 3.28. The number of ether oxygens (including phenoxy) is 2. The molecule has 19 nitrogen and oxygen atoms in total. The summed E-state index contributed by atoms with van der Waals surface area (Å²) in [5, 5.41) is 29.9. The average Bonchev–Trinajstić information content (AvgIpc) is 3.22. The molecule has 62 heavy (non-hydrogen) atoms. The first-order valence-electron chi connectivity index (χ1n) is 19.9. The Morgan fingerprint density at radius 1 is 0.839 bits per heavy atom. The molecule has 2 aliphatic heterocycles. The van der Waals surface area contributed by atoms with Crippen molar-refractivity contribution in [3.63, 3.8) is 0 Å². The Labute approximate surface area is 359 Å². The van der Waals surface area contributed by atoms with Gasteiger partial charge in [0.1, 0.15) is 17.1 Å². The number of anilines is 2. The van der Waals surface area contributed by atoms with Crippen LogP contribution >= 0.6 is 0 Å². The number of nitrogens with one attached hydrogen (secondary N) is 6. The number of hydrogen-bond acceptors (Lipinski definition) is 13. The molecule has 2 aromatic heterocycles. The molecule has 3 atom stereocenters. The molecular formula is C41H47N11O8S2. The van der Waals surface area contributed by atoms with Crippen molar-refractivity contribution < 1.29 is 35.9 Å². The van der Waals surface area contributed by atoms with Crippen molar-refractivity contribution in [1.29, 1.82) is 10.8 Å². The van der Waals surface area contributed by atoms with Gasteiger partial charge in [0.25, 0.3) is 11.8 Å². The second kappa shape index (κ2) is 15.5. The molecule has 6 N–H and O–H groups in total. The van der Waals surface area contributed by atoms with Gasteiger partial charge in [0, 0.05) is 30.9 Å². The van der Waals surface area contributed by atoms with E-state index in [2.05, 4.69) is 36.2 Å². The number of sulfonamides is 2. The summed E-state index contributed by atoms with van der Waals surface area (Å²) >= 11 is 0. The number of aromatic nitrogens is 3. The van der Waals surface area contributed by atoms with Crippen LogP contribution in [0.4, 0.5) is 11.4 Å².